The minimum atomic E-state index is -3.50. The molecule has 2 aromatic rings. The van der Waals surface area contributed by atoms with Gasteiger partial charge in [0.15, 0.2) is 0 Å². The topological polar surface area (TPSA) is 88.1 Å². The van der Waals surface area contributed by atoms with Crippen molar-refractivity contribution < 1.29 is 17.9 Å². The smallest absolute Gasteiger partial charge is 0.243 e. The Balaban J connectivity index is 1.52. The highest BCUT2D eigenvalue weighted by Gasteiger charge is 2.26. The van der Waals surface area contributed by atoms with Gasteiger partial charge < -0.3 is 4.74 Å². The first kappa shape index (κ1) is 22.1. The predicted octanol–water partition coefficient (Wildman–Crippen LogP) is 2.49. The van der Waals surface area contributed by atoms with Gasteiger partial charge in [-0.15, -0.1) is 0 Å². The number of aryl methyl sites for hydroxylation is 2. The molecule has 1 aliphatic rings. The van der Waals surface area contributed by atoms with E-state index in [1.54, 1.807) is 24.3 Å². The minimum Gasteiger partial charge on any atom is -0.379 e. The largest absolute Gasteiger partial charge is 0.379 e. The fourth-order valence-corrected chi connectivity index (χ4v) is 4.49. The highest BCUT2D eigenvalue weighted by atomic mass is 32.2. The van der Waals surface area contributed by atoms with Gasteiger partial charge in [-0.1, -0.05) is 42.0 Å². The lowest BCUT2D eigenvalue weighted by atomic mass is 10.1. The fraction of sp³-hybridized carbons (Fsp3) is 0.364. The van der Waals surface area contributed by atoms with Crippen molar-refractivity contribution in [3.8, 4) is 0 Å². The Hall–Kier alpha value is -2.55. The van der Waals surface area contributed by atoms with Crippen LogP contribution in [-0.4, -0.2) is 50.6 Å². The summed E-state index contributed by atoms with van der Waals surface area (Å²) in [6.07, 6.45) is 0.767. The minimum absolute atomic E-state index is 0.188. The Bertz CT molecular complexity index is 994. The van der Waals surface area contributed by atoms with Gasteiger partial charge in [-0.3, -0.25) is 4.79 Å². The average molecular weight is 430 g/mol. The number of nitrogens with zero attached hydrogens (tertiary/aromatic N) is 2. The number of rotatable bonds is 7. The van der Waals surface area contributed by atoms with Crippen LogP contribution in [0.15, 0.2) is 58.5 Å². The summed E-state index contributed by atoms with van der Waals surface area (Å²) in [5, 5.41) is 4.16. The molecule has 3 rings (SSSR count). The van der Waals surface area contributed by atoms with Crippen LogP contribution in [0.3, 0.4) is 0 Å². The summed E-state index contributed by atoms with van der Waals surface area (Å²) in [6.45, 7) is 5.43. The Morgan fingerprint density at radius 1 is 1.07 bits per heavy atom. The number of carbonyl (C=O) groups is 1. The number of sulfonamides is 1. The van der Waals surface area contributed by atoms with Gasteiger partial charge in [-0.05, 0) is 43.5 Å². The van der Waals surface area contributed by atoms with E-state index < -0.39 is 10.0 Å². The molecule has 160 valence electrons. The Kier molecular flexibility index (Phi) is 7.36. The number of ether oxygens (including phenoxy) is 1. The summed E-state index contributed by atoms with van der Waals surface area (Å²) < 4.78 is 31.9. The zero-order chi connectivity index (χ0) is 21.6. The van der Waals surface area contributed by atoms with E-state index in [4.69, 9.17) is 4.74 Å². The number of benzene rings is 2. The molecule has 7 nitrogen and oxygen atoms in total. The first-order chi connectivity index (χ1) is 14.4. The van der Waals surface area contributed by atoms with E-state index in [2.05, 4.69) is 10.5 Å². The zero-order valence-corrected chi connectivity index (χ0v) is 18.1. The molecule has 0 unspecified atom stereocenters. The molecule has 0 aromatic heterocycles. The molecular formula is C22H27N3O4S. The summed E-state index contributed by atoms with van der Waals surface area (Å²) in [6, 6.07) is 14.6. The van der Waals surface area contributed by atoms with Crippen LogP contribution in [0.4, 0.5) is 0 Å². The maximum Gasteiger partial charge on any atom is 0.243 e. The molecule has 1 saturated heterocycles. The molecule has 2 aromatic carbocycles. The van der Waals surface area contributed by atoms with Gasteiger partial charge in [-0.25, -0.2) is 13.8 Å². The fourth-order valence-electron chi connectivity index (χ4n) is 3.08. The molecule has 0 bridgehead atoms. The predicted molar refractivity (Wildman–Crippen MR) is 116 cm³/mol. The lowest BCUT2D eigenvalue weighted by molar-refractivity contribution is -0.121. The van der Waals surface area contributed by atoms with Crippen molar-refractivity contribution in [2.24, 2.45) is 5.10 Å². The summed E-state index contributed by atoms with van der Waals surface area (Å²) in [5.41, 5.74) is 6.33. The Morgan fingerprint density at radius 3 is 2.33 bits per heavy atom. The molecule has 0 saturated carbocycles. The average Bonchev–Trinajstić information content (AvgIpc) is 2.77. The second-order valence-electron chi connectivity index (χ2n) is 7.26. The first-order valence-corrected chi connectivity index (χ1v) is 11.4. The van der Waals surface area contributed by atoms with Gasteiger partial charge in [0, 0.05) is 19.5 Å². The molecule has 0 atom stereocenters. The number of amides is 1. The van der Waals surface area contributed by atoms with Crippen LogP contribution in [0.2, 0.25) is 0 Å². The van der Waals surface area contributed by atoms with Gasteiger partial charge in [0.05, 0.1) is 23.8 Å². The molecule has 0 spiro atoms. The second kappa shape index (κ2) is 9.97. The maximum absolute atomic E-state index is 12.6. The third-order valence-electron chi connectivity index (χ3n) is 4.99. The van der Waals surface area contributed by atoms with E-state index in [9.17, 15) is 13.2 Å². The van der Waals surface area contributed by atoms with E-state index in [1.165, 1.54) is 9.87 Å². The Morgan fingerprint density at radius 2 is 1.70 bits per heavy atom. The first-order valence-electron chi connectivity index (χ1n) is 9.93. The van der Waals surface area contributed by atoms with Gasteiger partial charge >= 0.3 is 0 Å². The number of hydrogen-bond acceptors (Lipinski definition) is 5. The zero-order valence-electron chi connectivity index (χ0n) is 17.3. The quantitative estimate of drug-likeness (QED) is 0.541. The van der Waals surface area contributed by atoms with Crippen molar-refractivity contribution in [1.29, 1.82) is 0 Å². The van der Waals surface area contributed by atoms with E-state index in [0.29, 0.717) is 32.7 Å². The van der Waals surface area contributed by atoms with E-state index in [1.807, 2.05) is 38.1 Å². The van der Waals surface area contributed by atoms with Crippen molar-refractivity contribution in [3.05, 3.63) is 65.2 Å². The van der Waals surface area contributed by atoms with Gasteiger partial charge in [-0.2, -0.15) is 9.41 Å². The number of carbonyl (C=O) groups excluding carboxylic acids is 1. The standard InChI is InChI=1S/C22H27N3O4S/c1-17-3-8-20(9-4-17)18(2)23-24-22(26)12-7-19-5-10-21(11-6-19)30(27,28)25-13-15-29-16-14-25/h3-6,8-11H,7,12-16H2,1-2H3,(H,24,26)/b23-18+. The van der Waals surface area contributed by atoms with E-state index in [-0.39, 0.29) is 17.2 Å². The molecular weight excluding hydrogens is 402 g/mol. The number of morpholine rings is 1. The van der Waals surface area contributed by atoms with Crippen LogP contribution in [-0.2, 0) is 26.0 Å². The van der Waals surface area contributed by atoms with Gasteiger partial charge in [0.25, 0.3) is 0 Å². The molecule has 1 aliphatic heterocycles. The van der Waals surface area contributed by atoms with Crippen molar-refractivity contribution >= 4 is 21.6 Å². The number of nitrogens with one attached hydrogen (secondary N) is 1. The van der Waals surface area contributed by atoms with Crippen molar-refractivity contribution in [3.63, 3.8) is 0 Å². The molecule has 1 fully saturated rings. The van der Waals surface area contributed by atoms with Crippen molar-refractivity contribution in [2.45, 2.75) is 31.6 Å². The van der Waals surface area contributed by atoms with Gasteiger partial charge in [0.1, 0.15) is 0 Å². The molecule has 0 radical (unpaired) electrons. The summed E-state index contributed by atoms with van der Waals surface area (Å²) >= 11 is 0. The third-order valence-corrected chi connectivity index (χ3v) is 6.90. The van der Waals surface area contributed by atoms with Crippen molar-refractivity contribution in [2.75, 3.05) is 26.3 Å². The summed E-state index contributed by atoms with van der Waals surface area (Å²) in [7, 11) is -3.50. The van der Waals surface area contributed by atoms with Crippen LogP contribution in [0, 0.1) is 6.92 Å². The third kappa shape index (κ3) is 5.75. The molecule has 1 amide bonds. The molecule has 30 heavy (non-hydrogen) atoms. The molecule has 8 heteroatoms. The van der Waals surface area contributed by atoms with Crippen LogP contribution in [0.1, 0.15) is 30.0 Å². The number of hydrogen-bond donors (Lipinski definition) is 1. The van der Waals surface area contributed by atoms with Crippen LogP contribution in [0.5, 0.6) is 0 Å². The van der Waals surface area contributed by atoms with E-state index in [0.717, 1.165) is 16.8 Å². The number of hydrazone groups is 1. The lowest BCUT2D eigenvalue weighted by Gasteiger charge is -2.26. The highest BCUT2D eigenvalue weighted by molar-refractivity contribution is 7.89. The maximum atomic E-state index is 12.6. The van der Waals surface area contributed by atoms with Crippen LogP contribution in [0.25, 0.3) is 0 Å². The Labute approximate surface area is 177 Å². The second-order valence-corrected chi connectivity index (χ2v) is 9.20. The van der Waals surface area contributed by atoms with Crippen LogP contribution >= 0.6 is 0 Å². The van der Waals surface area contributed by atoms with Crippen LogP contribution < -0.4 is 5.43 Å². The summed E-state index contributed by atoms with van der Waals surface area (Å²) in [4.78, 5) is 12.4. The molecule has 0 aliphatic carbocycles. The molecule has 1 N–H and O–H groups in total. The molecule has 1 heterocycles. The van der Waals surface area contributed by atoms with Gasteiger partial charge in [0.2, 0.25) is 15.9 Å². The normalized spacial score (nSPS) is 15.7. The highest BCUT2D eigenvalue weighted by Crippen LogP contribution is 2.18. The lowest BCUT2D eigenvalue weighted by Crippen LogP contribution is -2.40. The summed E-state index contributed by atoms with van der Waals surface area (Å²) in [5.74, 6) is -0.188. The monoisotopic (exact) mass is 429 g/mol. The SMILES string of the molecule is C/C(=N\NC(=O)CCc1ccc(S(=O)(=O)N2CCOCC2)cc1)c1ccc(C)cc1. The van der Waals surface area contributed by atoms with E-state index >= 15 is 0 Å². The van der Waals surface area contributed by atoms with Crippen molar-refractivity contribution in [1.82, 2.24) is 9.73 Å².